The number of nitrogens with one attached hydrogen (secondary N) is 1. The molecule has 0 radical (unpaired) electrons. The van der Waals surface area contributed by atoms with E-state index in [4.69, 9.17) is 10.8 Å². The Labute approximate surface area is 184 Å². The van der Waals surface area contributed by atoms with E-state index in [-0.39, 0.29) is 16.7 Å². The lowest BCUT2D eigenvalue weighted by atomic mass is 10.00. The average Bonchev–Trinajstić information content (AvgIpc) is 2.74. The Kier molecular flexibility index (Phi) is 6.60. The molecule has 0 amide bonds. The van der Waals surface area contributed by atoms with Gasteiger partial charge in [-0.3, -0.25) is 4.79 Å². The fraction of sp³-hybridized carbons (Fsp3) is 0.154. The Morgan fingerprint density at radius 2 is 2.03 bits per heavy atom. The number of hydrogen-bond donors (Lipinski definition) is 2. The van der Waals surface area contributed by atoms with Crippen molar-refractivity contribution in [3.05, 3.63) is 93.1 Å². The van der Waals surface area contributed by atoms with Crippen molar-refractivity contribution in [3.63, 3.8) is 0 Å². The van der Waals surface area contributed by atoms with Crippen LogP contribution in [0.2, 0.25) is 0 Å². The fourth-order valence-corrected chi connectivity index (χ4v) is 3.50. The van der Waals surface area contributed by atoms with Crippen LogP contribution in [0.25, 0.3) is 16.5 Å². The topological polar surface area (TPSA) is 79.5 Å². The van der Waals surface area contributed by atoms with Crippen LogP contribution in [0.3, 0.4) is 0 Å². The van der Waals surface area contributed by atoms with E-state index in [0.29, 0.717) is 27.9 Å². The molecule has 2 N–H and O–H groups in total. The maximum atomic E-state index is 13.6. The second-order valence-electron chi connectivity index (χ2n) is 7.33. The molecule has 0 spiro atoms. The molecule has 0 aliphatic carbocycles. The number of aryl methyl sites for hydroxylation is 1. The van der Waals surface area contributed by atoms with Gasteiger partial charge in [-0.05, 0) is 56.7 Å². The highest BCUT2D eigenvalue weighted by molar-refractivity contribution is 5.94. The Morgan fingerprint density at radius 3 is 2.69 bits per heavy atom. The highest BCUT2D eigenvalue weighted by Gasteiger charge is 2.19. The molecule has 2 aromatic carbocycles. The van der Waals surface area contributed by atoms with Crippen LogP contribution in [0, 0.1) is 25.1 Å². The molecule has 162 valence electrons. The fourth-order valence-electron chi connectivity index (χ4n) is 3.50. The zero-order valence-corrected chi connectivity index (χ0v) is 17.9. The van der Waals surface area contributed by atoms with Crippen LogP contribution in [-0.4, -0.2) is 11.1 Å². The van der Waals surface area contributed by atoms with Gasteiger partial charge in [0, 0.05) is 22.9 Å². The lowest BCUT2D eigenvalue weighted by Gasteiger charge is -2.19. The van der Waals surface area contributed by atoms with Gasteiger partial charge in [-0.25, -0.2) is 9.18 Å². The minimum atomic E-state index is -1.25. The van der Waals surface area contributed by atoms with Crippen LogP contribution in [0.4, 0.5) is 10.1 Å². The van der Waals surface area contributed by atoms with Crippen molar-refractivity contribution in [2.75, 3.05) is 5.32 Å². The predicted octanol–water partition coefficient (Wildman–Crippen LogP) is 5.70. The number of carboxylic acid groups (broad SMARTS) is 1. The molecule has 3 rings (SSSR count). The molecular formula is C26H22FNO4. The third-order valence-electron chi connectivity index (χ3n) is 4.92. The molecule has 0 saturated carbocycles. The Hall–Kier alpha value is -4.11. The van der Waals surface area contributed by atoms with Gasteiger partial charge in [-0.15, -0.1) is 6.42 Å². The number of fused-ring (bicyclic) bond motifs is 1. The summed E-state index contributed by atoms with van der Waals surface area (Å²) in [6.45, 7) is 5.49. The summed E-state index contributed by atoms with van der Waals surface area (Å²) in [5.74, 6) is 0.872. The van der Waals surface area contributed by atoms with E-state index in [2.05, 4.69) is 11.2 Å². The summed E-state index contributed by atoms with van der Waals surface area (Å²) >= 11 is 0. The number of carbonyl (C=O) groups is 1. The van der Waals surface area contributed by atoms with Gasteiger partial charge in [-0.2, -0.15) is 0 Å². The summed E-state index contributed by atoms with van der Waals surface area (Å²) in [6, 6.07) is 8.05. The number of aromatic carboxylic acids is 1. The molecule has 1 heterocycles. The number of rotatable bonds is 6. The Morgan fingerprint density at radius 1 is 1.28 bits per heavy atom. The number of terminal acetylenes is 1. The predicted molar refractivity (Wildman–Crippen MR) is 124 cm³/mol. The van der Waals surface area contributed by atoms with E-state index in [1.54, 1.807) is 25.1 Å². The standard InChI is InChI=1S/C26H22FNO4/c1-5-7-17(8-6-2)24-14-23(29)21-12-15(3)11-19(25(21)32-24)16(4)28-22-10-9-18(27)13-20(22)26(30)31/h1,6-14,16,28H,2-4H3,(H,30,31)/b8-6-,17-7+. The molecule has 5 nitrogen and oxygen atoms in total. The summed E-state index contributed by atoms with van der Waals surface area (Å²) in [7, 11) is 0. The molecule has 1 unspecified atom stereocenters. The van der Waals surface area contributed by atoms with Crippen molar-refractivity contribution in [1.29, 1.82) is 0 Å². The van der Waals surface area contributed by atoms with E-state index in [0.717, 1.165) is 11.6 Å². The Balaban J connectivity index is 2.18. The van der Waals surface area contributed by atoms with Crippen LogP contribution in [0.1, 0.15) is 47.1 Å². The number of anilines is 1. The molecule has 1 aromatic heterocycles. The van der Waals surface area contributed by atoms with Gasteiger partial charge >= 0.3 is 5.97 Å². The summed E-state index contributed by atoms with van der Waals surface area (Å²) in [5.41, 5.74) is 2.27. The molecule has 1 atom stereocenters. The summed E-state index contributed by atoms with van der Waals surface area (Å²) in [6.07, 6.45) is 10.5. The van der Waals surface area contributed by atoms with Gasteiger partial charge in [0.1, 0.15) is 17.2 Å². The zero-order valence-electron chi connectivity index (χ0n) is 17.9. The number of carboxylic acids is 1. The van der Waals surface area contributed by atoms with Crippen LogP contribution in [-0.2, 0) is 0 Å². The van der Waals surface area contributed by atoms with E-state index in [9.17, 15) is 19.1 Å². The first kappa shape index (κ1) is 22.6. The van der Waals surface area contributed by atoms with Crippen molar-refractivity contribution in [3.8, 4) is 12.3 Å². The smallest absolute Gasteiger partial charge is 0.337 e. The summed E-state index contributed by atoms with van der Waals surface area (Å²) < 4.78 is 19.7. The van der Waals surface area contributed by atoms with Crippen molar-refractivity contribution in [1.82, 2.24) is 0 Å². The molecular weight excluding hydrogens is 409 g/mol. The normalized spacial score (nSPS) is 12.7. The van der Waals surface area contributed by atoms with Crippen molar-refractivity contribution in [2.45, 2.75) is 26.8 Å². The first-order valence-corrected chi connectivity index (χ1v) is 9.92. The number of halogens is 1. The molecule has 0 saturated heterocycles. The zero-order chi connectivity index (χ0) is 23.4. The molecule has 32 heavy (non-hydrogen) atoms. The molecule has 0 aliphatic rings. The molecule has 0 fully saturated rings. The Bertz CT molecular complexity index is 1360. The maximum Gasteiger partial charge on any atom is 0.337 e. The van der Waals surface area contributed by atoms with Crippen molar-refractivity contribution in [2.24, 2.45) is 0 Å². The lowest BCUT2D eigenvalue weighted by Crippen LogP contribution is -2.13. The van der Waals surface area contributed by atoms with Crippen molar-refractivity contribution >= 4 is 28.2 Å². The van der Waals surface area contributed by atoms with Crippen LogP contribution in [0.5, 0.6) is 0 Å². The van der Waals surface area contributed by atoms with Crippen LogP contribution >= 0.6 is 0 Å². The first-order chi connectivity index (χ1) is 15.2. The third kappa shape index (κ3) is 4.62. The van der Waals surface area contributed by atoms with Gasteiger partial charge in [0.2, 0.25) is 0 Å². The van der Waals surface area contributed by atoms with E-state index < -0.39 is 17.8 Å². The molecule has 0 bridgehead atoms. The average molecular weight is 431 g/mol. The highest BCUT2D eigenvalue weighted by atomic mass is 19.1. The van der Waals surface area contributed by atoms with Crippen molar-refractivity contribution < 1.29 is 18.7 Å². The third-order valence-corrected chi connectivity index (χ3v) is 4.92. The van der Waals surface area contributed by atoms with Gasteiger partial charge < -0.3 is 14.8 Å². The quantitative estimate of drug-likeness (QED) is 0.386. The van der Waals surface area contributed by atoms with E-state index in [1.165, 1.54) is 24.3 Å². The second-order valence-corrected chi connectivity index (χ2v) is 7.33. The SMILES string of the molecule is C#C/C=C(\C=C/C)c1cc(=O)c2cc(C)cc(C(C)Nc3ccc(F)cc3C(=O)O)c2o1. The summed E-state index contributed by atoms with van der Waals surface area (Å²) in [5, 5.41) is 12.9. The molecule has 6 heteroatoms. The van der Waals surface area contributed by atoms with Crippen LogP contribution in [0.15, 0.2) is 63.8 Å². The molecule has 3 aromatic rings. The van der Waals surface area contributed by atoms with E-state index >= 15 is 0 Å². The van der Waals surface area contributed by atoms with Gasteiger partial charge in [0.15, 0.2) is 5.43 Å². The van der Waals surface area contributed by atoms with Gasteiger partial charge in [-0.1, -0.05) is 24.1 Å². The number of benzene rings is 2. The highest BCUT2D eigenvalue weighted by Crippen LogP contribution is 2.30. The minimum absolute atomic E-state index is 0.191. The maximum absolute atomic E-state index is 13.6. The summed E-state index contributed by atoms with van der Waals surface area (Å²) in [4.78, 5) is 24.4. The number of hydrogen-bond acceptors (Lipinski definition) is 4. The largest absolute Gasteiger partial charge is 0.478 e. The van der Waals surface area contributed by atoms with E-state index in [1.807, 2.05) is 19.9 Å². The lowest BCUT2D eigenvalue weighted by molar-refractivity contribution is 0.0697. The molecule has 0 aliphatic heterocycles. The van der Waals surface area contributed by atoms with Gasteiger partial charge in [0.25, 0.3) is 0 Å². The van der Waals surface area contributed by atoms with Crippen LogP contribution < -0.4 is 10.7 Å². The number of allylic oxidation sites excluding steroid dienone is 4. The second kappa shape index (κ2) is 9.36. The van der Waals surface area contributed by atoms with Gasteiger partial charge in [0.05, 0.1) is 17.0 Å². The monoisotopic (exact) mass is 431 g/mol. The first-order valence-electron chi connectivity index (χ1n) is 9.92. The minimum Gasteiger partial charge on any atom is -0.478 e.